The van der Waals surface area contributed by atoms with E-state index in [0.717, 1.165) is 16.0 Å². The third-order valence-electron chi connectivity index (χ3n) is 5.64. The Kier molecular flexibility index (Phi) is 7.62. The van der Waals surface area contributed by atoms with Crippen molar-refractivity contribution in [3.63, 3.8) is 0 Å². The molecule has 7 nitrogen and oxygen atoms in total. The van der Waals surface area contributed by atoms with Gasteiger partial charge in [0.1, 0.15) is 11.4 Å². The molecule has 35 heavy (non-hydrogen) atoms. The molecule has 1 amide bonds. The lowest BCUT2D eigenvalue weighted by molar-refractivity contribution is 0.0699. The number of amides is 1. The van der Waals surface area contributed by atoms with Crippen LogP contribution in [0.15, 0.2) is 78.0 Å². The molecular formula is C27H25N3O4S. The molecule has 8 heteroatoms. The minimum atomic E-state index is -1.11. The number of carbonyl (C=O) groups is 2. The number of benzene rings is 2. The fourth-order valence-electron chi connectivity index (χ4n) is 3.73. The molecule has 2 aromatic heterocycles. The second-order valence-corrected chi connectivity index (χ2v) is 9.18. The number of aromatic carboxylic acids is 1. The van der Waals surface area contributed by atoms with Crippen molar-refractivity contribution >= 4 is 34.5 Å². The number of hydrogen-bond donors (Lipinski definition) is 3. The molecule has 0 aliphatic rings. The second kappa shape index (κ2) is 11.0. The predicted octanol–water partition coefficient (Wildman–Crippen LogP) is 5.08. The van der Waals surface area contributed by atoms with Gasteiger partial charge < -0.3 is 15.5 Å². The first-order valence-corrected chi connectivity index (χ1v) is 12.2. The monoisotopic (exact) mass is 487 g/mol. The number of aromatic hydroxyl groups is 1. The van der Waals surface area contributed by atoms with Crippen molar-refractivity contribution in [1.29, 1.82) is 0 Å². The Morgan fingerprint density at radius 1 is 1.00 bits per heavy atom. The van der Waals surface area contributed by atoms with Crippen molar-refractivity contribution in [3.05, 3.63) is 95.4 Å². The van der Waals surface area contributed by atoms with Gasteiger partial charge in [-0.15, -0.1) is 11.8 Å². The summed E-state index contributed by atoms with van der Waals surface area (Å²) in [7, 11) is 0. The zero-order valence-corrected chi connectivity index (χ0v) is 20.0. The largest absolute Gasteiger partial charge is 0.508 e. The Morgan fingerprint density at radius 3 is 2.40 bits per heavy atom. The molecule has 0 saturated carbocycles. The highest BCUT2D eigenvalue weighted by molar-refractivity contribution is 7.98. The van der Waals surface area contributed by atoms with Crippen LogP contribution in [0.3, 0.4) is 0 Å². The lowest BCUT2D eigenvalue weighted by Crippen LogP contribution is -2.36. The molecule has 1 atom stereocenters. The number of fused-ring (bicyclic) bond motifs is 1. The molecule has 0 aliphatic carbocycles. The summed E-state index contributed by atoms with van der Waals surface area (Å²) in [5, 5.41) is 22.8. The Balaban J connectivity index is 1.54. The molecule has 4 aromatic rings. The molecule has 0 aliphatic heterocycles. The average molecular weight is 488 g/mol. The minimum absolute atomic E-state index is 0.0440. The van der Waals surface area contributed by atoms with E-state index in [1.54, 1.807) is 42.4 Å². The number of hydrogen-bond acceptors (Lipinski definition) is 6. The summed E-state index contributed by atoms with van der Waals surface area (Å²) >= 11 is 1.63. The molecule has 0 fully saturated rings. The maximum absolute atomic E-state index is 13.0. The van der Waals surface area contributed by atoms with E-state index in [1.165, 1.54) is 6.07 Å². The number of nitrogens with zero attached hydrogens (tertiary/aromatic N) is 2. The summed E-state index contributed by atoms with van der Waals surface area (Å²) < 4.78 is 0. The van der Waals surface area contributed by atoms with Crippen molar-refractivity contribution in [2.75, 3.05) is 0 Å². The lowest BCUT2D eigenvalue weighted by Gasteiger charge is -2.17. The Morgan fingerprint density at radius 2 is 1.71 bits per heavy atom. The maximum atomic E-state index is 13.0. The number of carboxylic acids is 1. The SMILES string of the molecule is CC[C@H](Cc1ccc(O)cc1)NC(=O)c1cc(C(=O)O)c2cc(CSc3ccncc3)ccc2n1. The van der Waals surface area contributed by atoms with E-state index in [-0.39, 0.29) is 23.0 Å². The van der Waals surface area contributed by atoms with Crippen LogP contribution in [0.5, 0.6) is 5.75 Å². The average Bonchev–Trinajstić information content (AvgIpc) is 2.88. The molecule has 3 N–H and O–H groups in total. The van der Waals surface area contributed by atoms with Gasteiger partial charge in [0.2, 0.25) is 0 Å². The Bertz CT molecular complexity index is 1340. The van der Waals surface area contributed by atoms with Gasteiger partial charge in [0.05, 0.1) is 11.1 Å². The van der Waals surface area contributed by atoms with E-state index >= 15 is 0 Å². The number of rotatable bonds is 9. The lowest BCUT2D eigenvalue weighted by atomic mass is 10.0. The third-order valence-corrected chi connectivity index (χ3v) is 6.72. The summed E-state index contributed by atoms with van der Waals surface area (Å²) in [5.74, 6) is -0.679. The highest BCUT2D eigenvalue weighted by Gasteiger charge is 2.19. The van der Waals surface area contributed by atoms with Crippen molar-refractivity contribution in [1.82, 2.24) is 15.3 Å². The van der Waals surface area contributed by atoms with Crippen LogP contribution in [-0.2, 0) is 12.2 Å². The number of pyridine rings is 2. The zero-order chi connectivity index (χ0) is 24.8. The number of thioether (sulfide) groups is 1. The first-order chi connectivity index (χ1) is 16.9. The van der Waals surface area contributed by atoms with Gasteiger partial charge in [-0.3, -0.25) is 9.78 Å². The molecule has 2 heterocycles. The predicted molar refractivity (Wildman–Crippen MR) is 136 cm³/mol. The van der Waals surface area contributed by atoms with Gasteiger partial charge in [0, 0.05) is 34.5 Å². The topological polar surface area (TPSA) is 112 Å². The van der Waals surface area contributed by atoms with Crippen LogP contribution in [0.25, 0.3) is 10.9 Å². The Hall–Kier alpha value is -3.91. The number of carboxylic acid groups (broad SMARTS) is 1. The molecule has 0 bridgehead atoms. The third kappa shape index (κ3) is 6.16. The van der Waals surface area contributed by atoms with E-state index in [4.69, 9.17) is 0 Å². The van der Waals surface area contributed by atoms with Crippen LogP contribution in [0, 0.1) is 0 Å². The summed E-state index contributed by atoms with van der Waals surface area (Å²) in [6.45, 7) is 1.97. The fourth-order valence-corrected chi connectivity index (χ4v) is 4.56. The molecule has 4 rings (SSSR count). The number of aromatic nitrogens is 2. The van der Waals surface area contributed by atoms with Gasteiger partial charge in [-0.2, -0.15) is 0 Å². The van der Waals surface area contributed by atoms with Crippen molar-refractivity contribution in [2.24, 2.45) is 0 Å². The molecule has 0 spiro atoms. The summed E-state index contributed by atoms with van der Waals surface area (Å²) in [5.41, 5.74) is 2.50. The van der Waals surface area contributed by atoms with E-state index in [2.05, 4.69) is 15.3 Å². The second-order valence-electron chi connectivity index (χ2n) is 8.13. The standard InChI is InChI=1S/C27H25N3O4S/c1-2-19(13-17-3-6-20(31)7-4-17)29-26(32)25-15-23(27(33)34)22-14-18(5-8-24(22)30-25)16-35-21-9-11-28-12-10-21/h3-12,14-15,19,31H,2,13,16H2,1H3,(H,29,32)(H,33,34)/t19-/m1/s1. The molecule has 0 saturated heterocycles. The van der Waals surface area contributed by atoms with Crippen LogP contribution < -0.4 is 5.32 Å². The Labute approximate surface area is 207 Å². The molecular weight excluding hydrogens is 462 g/mol. The van der Waals surface area contributed by atoms with Gasteiger partial charge in [-0.1, -0.05) is 25.1 Å². The van der Waals surface area contributed by atoms with E-state index in [9.17, 15) is 19.8 Å². The van der Waals surface area contributed by atoms with Crippen molar-refractivity contribution in [2.45, 2.75) is 36.5 Å². The van der Waals surface area contributed by atoms with Gasteiger partial charge in [0.25, 0.3) is 5.91 Å². The van der Waals surface area contributed by atoms with E-state index in [1.807, 2.05) is 43.3 Å². The van der Waals surface area contributed by atoms with Crippen LogP contribution in [0.1, 0.15) is 45.3 Å². The molecule has 2 aromatic carbocycles. The number of phenols is 1. The highest BCUT2D eigenvalue weighted by atomic mass is 32.2. The summed E-state index contributed by atoms with van der Waals surface area (Å²) in [4.78, 5) is 34.6. The minimum Gasteiger partial charge on any atom is -0.508 e. The first kappa shape index (κ1) is 24.2. The molecule has 0 unspecified atom stereocenters. The smallest absolute Gasteiger partial charge is 0.336 e. The van der Waals surface area contributed by atoms with E-state index in [0.29, 0.717) is 29.5 Å². The fraction of sp³-hybridized carbons (Fsp3) is 0.185. The molecule has 0 radical (unpaired) electrons. The van der Waals surface area contributed by atoms with Crippen molar-refractivity contribution < 1.29 is 19.8 Å². The quantitative estimate of drug-likeness (QED) is 0.282. The van der Waals surface area contributed by atoms with Gasteiger partial charge in [-0.25, -0.2) is 9.78 Å². The van der Waals surface area contributed by atoms with Gasteiger partial charge in [-0.05, 0) is 66.4 Å². The van der Waals surface area contributed by atoms with Crippen molar-refractivity contribution in [3.8, 4) is 5.75 Å². The normalized spacial score (nSPS) is 11.8. The zero-order valence-electron chi connectivity index (χ0n) is 19.1. The van der Waals surface area contributed by atoms with E-state index < -0.39 is 11.9 Å². The molecule has 178 valence electrons. The van der Waals surface area contributed by atoms with Crippen LogP contribution in [-0.4, -0.2) is 38.1 Å². The first-order valence-electron chi connectivity index (χ1n) is 11.2. The van der Waals surface area contributed by atoms with Gasteiger partial charge >= 0.3 is 5.97 Å². The van der Waals surface area contributed by atoms with Crippen LogP contribution in [0.4, 0.5) is 0 Å². The maximum Gasteiger partial charge on any atom is 0.336 e. The number of nitrogens with one attached hydrogen (secondary N) is 1. The van der Waals surface area contributed by atoms with Crippen LogP contribution in [0.2, 0.25) is 0 Å². The summed E-state index contributed by atoms with van der Waals surface area (Å²) in [6, 6.07) is 17.3. The number of phenolic OH excluding ortho intramolecular Hbond substituents is 1. The van der Waals surface area contributed by atoms with Gasteiger partial charge in [0.15, 0.2) is 0 Å². The number of carbonyl (C=O) groups excluding carboxylic acids is 1. The van der Waals surface area contributed by atoms with Crippen LogP contribution >= 0.6 is 11.8 Å². The highest BCUT2D eigenvalue weighted by Crippen LogP contribution is 2.26. The summed E-state index contributed by atoms with van der Waals surface area (Å²) in [6.07, 6.45) is 4.73.